The van der Waals surface area contributed by atoms with Gasteiger partial charge in [-0.25, -0.2) is 0 Å². The molecule has 1 aromatic carbocycles. The molecule has 1 aromatic rings. The van der Waals surface area contributed by atoms with Crippen LogP contribution in [0.2, 0.25) is 5.02 Å². The van der Waals surface area contributed by atoms with Crippen molar-refractivity contribution in [1.29, 1.82) is 0 Å². The molecule has 0 aromatic heterocycles. The van der Waals surface area contributed by atoms with Crippen LogP contribution in [-0.2, 0) is 0 Å². The summed E-state index contributed by atoms with van der Waals surface area (Å²) in [6.07, 6.45) is 1.69. The summed E-state index contributed by atoms with van der Waals surface area (Å²) in [5, 5.41) is 12.7. The van der Waals surface area contributed by atoms with Gasteiger partial charge in [0.2, 0.25) is 0 Å². The molecule has 3 nitrogen and oxygen atoms in total. The van der Waals surface area contributed by atoms with Gasteiger partial charge in [0.15, 0.2) is 5.75 Å². The van der Waals surface area contributed by atoms with Crippen molar-refractivity contribution in [1.82, 2.24) is 0 Å². The second-order valence-electron chi connectivity index (χ2n) is 3.63. The molecule has 2 N–H and O–H groups in total. The predicted octanol–water partition coefficient (Wildman–Crippen LogP) is 2.29. The first-order chi connectivity index (χ1) is 7.31. The summed E-state index contributed by atoms with van der Waals surface area (Å²) in [7, 11) is 0. The van der Waals surface area contributed by atoms with E-state index >= 15 is 0 Å². The molecule has 1 aliphatic rings. The minimum Gasteiger partial charge on any atom is -0.488 e. The highest BCUT2D eigenvalue weighted by atomic mass is 35.5. The fourth-order valence-corrected chi connectivity index (χ4v) is 1.94. The molecular weight excluding hydrogens is 214 g/mol. The molecule has 0 aliphatic carbocycles. The lowest BCUT2D eigenvalue weighted by molar-refractivity contribution is 0.249. The number of aliphatic hydroxyl groups is 1. The van der Waals surface area contributed by atoms with Gasteiger partial charge in [-0.05, 0) is 25.0 Å². The smallest absolute Gasteiger partial charge is 0.161 e. The van der Waals surface area contributed by atoms with Crippen molar-refractivity contribution in [2.45, 2.75) is 18.9 Å². The summed E-state index contributed by atoms with van der Waals surface area (Å²) in [4.78, 5) is 0. The van der Waals surface area contributed by atoms with Gasteiger partial charge in [-0.3, -0.25) is 0 Å². The Balaban J connectivity index is 2.07. The maximum absolute atomic E-state index is 8.75. The largest absolute Gasteiger partial charge is 0.488 e. The third-order valence-electron chi connectivity index (χ3n) is 2.47. The highest BCUT2D eigenvalue weighted by Crippen LogP contribution is 2.36. The topological polar surface area (TPSA) is 41.5 Å². The van der Waals surface area contributed by atoms with Crippen LogP contribution in [0.4, 0.5) is 5.69 Å². The van der Waals surface area contributed by atoms with Crippen molar-refractivity contribution in [2.24, 2.45) is 0 Å². The van der Waals surface area contributed by atoms with Gasteiger partial charge in [-0.15, -0.1) is 0 Å². The molecule has 82 valence electrons. The maximum atomic E-state index is 8.75. The molecular formula is C11H14ClNO2. The summed E-state index contributed by atoms with van der Waals surface area (Å²) in [6.45, 7) is 0.831. The van der Waals surface area contributed by atoms with Gasteiger partial charge < -0.3 is 15.2 Å². The number of halogens is 1. The standard InChI is InChI=1S/C11H14ClNO2/c12-9-4-1-5-10-11(9)15-7-8(13-10)3-2-6-14/h1,4-5,8,13-14H,2-3,6-7H2. The molecule has 0 fully saturated rings. The number of benzene rings is 1. The third-order valence-corrected chi connectivity index (χ3v) is 2.76. The average molecular weight is 228 g/mol. The van der Waals surface area contributed by atoms with Crippen LogP contribution in [0, 0.1) is 0 Å². The molecule has 0 saturated heterocycles. The molecule has 1 aliphatic heterocycles. The Bertz CT molecular complexity index is 343. The lowest BCUT2D eigenvalue weighted by Gasteiger charge is -2.27. The molecule has 0 amide bonds. The fourth-order valence-electron chi connectivity index (χ4n) is 1.71. The lowest BCUT2D eigenvalue weighted by atomic mass is 10.1. The van der Waals surface area contributed by atoms with Gasteiger partial charge in [-0.1, -0.05) is 17.7 Å². The lowest BCUT2D eigenvalue weighted by Crippen LogP contribution is -2.31. The fraction of sp³-hybridized carbons (Fsp3) is 0.455. The number of para-hydroxylation sites is 1. The van der Waals surface area contributed by atoms with E-state index in [9.17, 15) is 0 Å². The van der Waals surface area contributed by atoms with E-state index in [1.807, 2.05) is 18.2 Å². The monoisotopic (exact) mass is 227 g/mol. The molecule has 0 saturated carbocycles. The second-order valence-corrected chi connectivity index (χ2v) is 4.04. The Morgan fingerprint density at radius 2 is 2.40 bits per heavy atom. The number of hydrogen-bond acceptors (Lipinski definition) is 3. The maximum Gasteiger partial charge on any atom is 0.161 e. The summed E-state index contributed by atoms with van der Waals surface area (Å²) in [5.74, 6) is 0.736. The summed E-state index contributed by atoms with van der Waals surface area (Å²) < 4.78 is 5.59. The predicted molar refractivity (Wildman–Crippen MR) is 60.7 cm³/mol. The molecule has 15 heavy (non-hydrogen) atoms. The number of rotatable bonds is 3. The van der Waals surface area contributed by atoms with Crippen LogP contribution in [0.3, 0.4) is 0 Å². The highest BCUT2D eigenvalue weighted by molar-refractivity contribution is 6.32. The first-order valence-corrected chi connectivity index (χ1v) is 5.48. The number of ether oxygens (including phenoxy) is 1. The first-order valence-electron chi connectivity index (χ1n) is 5.10. The van der Waals surface area contributed by atoms with Gasteiger partial charge in [0.1, 0.15) is 6.61 Å². The summed E-state index contributed by atoms with van der Waals surface area (Å²) >= 11 is 5.99. The van der Waals surface area contributed by atoms with Crippen molar-refractivity contribution in [3.63, 3.8) is 0 Å². The van der Waals surface area contributed by atoms with Crippen molar-refractivity contribution in [2.75, 3.05) is 18.5 Å². The minimum atomic E-state index is 0.223. The van der Waals surface area contributed by atoms with Gasteiger partial charge >= 0.3 is 0 Å². The van der Waals surface area contributed by atoms with Gasteiger partial charge in [0.25, 0.3) is 0 Å². The van der Waals surface area contributed by atoms with Crippen LogP contribution in [-0.4, -0.2) is 24.4 Å². The number of anilines is 1. The normalized spacial score (nSPS) is 18.9. The van der Waals surface area contributed by atoms with Crippen LogP contribution < -0.4 is 10.1 Å². The van der Waals surface area contributed by atoms with E-state index in [1.165, 1.54) is 0 Å². The summed E-state index contributed by atoms with van der Waals surface area (Å²) in [6, 6.07) is 5.93. The van der Waals surface area contributed by atoms with Crippen molar-refractivity contribution in [3.05, 3.63) is 23.2 Å². The van der Waals surface area contributed by atoms with E-state index in [1.54, 1.807) is 0 Å². The van der Waals surface area contributed by atoms with Crippen LogP contribution in [0.1, 0.15) is 12.8 Å². The zero-order chi connectivity index (χ0) is 10.7. The molecule has 2 rings (SSSR count). The Hall–Kier alpha value is -0.930. The van der Waals surface area contributed by atoms with E-state index in [-0.39, 0.29) is 12.6 Å². The van der Waals surface area contributed by atoms with Crippen LogP contribution in [0.15, 0.2) is 18.2 Å². The second kappa shape index (κ2) is 4.73. The molecule has 1 heterocycles. The van der Waals surface area contributed by atoms with Crippen molar-refractivity contribution >= 4 is 17.3 Å². The molecule has 1 unspecified atom stereocenters. The van der Waals surface area contributed by atoms with E-state index in [2.05, 4.69) is 5.32 Å². The van der Waals surface area contributed by atoms with E-state index in [4.69, 9.17) is 21.4 Å². The van der Waals surface area contributed by atoms with E-state index in [0.717, 1.165) is 24.3 Å². The number of nitrogens with one attached hydrogen (secondary N) is 1. The van der Waals surface area contributed by atoms with Crippen LogP contribution >= 0.6 is 11.6 Å². The Morgan fingerprint density at radius 1 is 1.53 bits per heavy atom. The van der Waals surface area contributed by atoms with Crippen LogP contribution in [0.25, 0.3) is 0 Å². The Labute approximate surface area is 94.0 Å². The number of hydrogen-bond donors (Lipinski definition) is 2. The van der Waals surface area contributed by atoms with Crippen molar-refractivity contribution in [3.8, 4) is 5.75 Å². The van der Waals surface area contributed by atoms with E-state index < -0.39 is 0 Å². The Morgan fingerprint density at radius 3 is 3.20 bits per heavy atom. The zero-order valence-corrected chi connectivity index (χ0v) is 9.13. The molecule has 0 bridgehead atoms. The molecule has 0 spiro atoms. The zero-order valence-electron chi connectivity index (χ0n) is 8.37. The number of fused-ring (bicyclic) bond motifs is 1. The van der Waals surface area contributed by atoms with E-state index in [0.29, 0.717) is 11.6 Å². The Kier molecular flexibility index (Phi) is 3.34. The summed E-state index contributed by atoms with van der Waals surface area (Å²) in [5.41, 5.74) is 0.941. The minimum absolute atomic E-state index is 0.223. The molecule has 4 heteroatoms. The van der Waals surface area contributed by atoms with Gasteiger partial charge in [0, 0.05) is 6.61 Å². The quantitative estimate of drug-likeness (QED) is 0.833. The van der Waals surface area contributed by atoms with Gasteiger partial charge in [-0.2, -0.15) is 0 Å². The molecule has 0 radical (unpaired) electrons. The average Bonchev–Trinajstić information content (AvgIpc) is 2.26. The SMILES string of the molecule is OCCCC1COc2c(Cl)cccc2N1. The number of aliphatic hydroxyl groups excluding tert-OH is 1. The highest BCUT2D eigenvalue weighted by Gasteiger charge is 2.19. The van der Waals surface area contributed by atoms with Gasteiger partial charge in [0.05, 0.1) is 16.8 Å². The first kappa shape index (κ1) is 10.6. The van der Waals surface area contributed by atoms with Crippen molar-refractivity contribution < 1.29 is 9.84 Å². The third kappa shape index (κ3) is 2.36. The molecule has 1 atom stereocenters. The van der Waals surface area contributed by atoms with Crippen LogP contribution in [0.5, 0.6) is 5.75 Å².